The molecule has 2 aromatic carbocycles. The van der Waals surface area contributed by atoms with Crippen LogP contribution in [-0.4, -0.2) is 21.4 Å². The van der Waals surface area contributed by atoms with Gasteiger partial charge in [-0.25, -0.2) is 4.98 Å². The fraction of sp³-hybridized carbons (Fsp3) is 0.462. The van der Waals surface area contributed by atoms with Crippen molar-refractivity contribution in [2.24, 2.45) is 10.6 Å². The van der Waals surface area contributed by atoms with Crippen LogP contribution in [0.15, 0.2) is 35.5 Å². The second-order valence-corrected chi connectivity index (χ2v) is 8.94. The zero-order valence-electron chi connectivity index (χ0n) is 19.3. The van der Waals surface area contributed by atoms with Gasteiger partial charge in [0.1, 0.15) is 11.9 Å². The van der Waals surface area contributed by atoms with Crippen LogP contribution >= 0.6 is 0 Å². The number of nitrogens with zero attached hydrogens (tertiary/aromatic N) is 3. The summed E-state index contributed by atoms with van der Waals surface area (Å²) < 4.78 is 2.32. The molecule has 1 aliphatic heterocycles. The van der Waals surface area contributed by atoms with Crippen LogP contribution in [0.2, 0.25) is 0 Å². The minimum Gasteiger partial charge on any atom is -0.391 e. The van der Waals surface area contributed by atoms with Gasteiger partial charge in [-0.15, -0.1) is 0 Å². The maximum atomic E-state index is 5.91. The Morgan fingerprint density at radius 1 is 1.07 bits per heavy atom. The summed E-state index contributed by atoms with van der Waals surface area (Å²) in [6, 6.07) is 10.7. The summed E-state index contributed by atoms with van der Waals surface area (Å²) in [7, 11) is 0. The minimum atomic E-state index is -0.0611. The number of rotatable bonds is 5. The third kappa shape index (κ3) is 3.05. The molecule has 0 saturated carbocycles. The van der Waals surface area contributed by atoms with Crippen LogP contribution in [0.5, 0.6) is 0 Å². The van der Waals surface area contributed by atoms with E-state index in [0.29, 0.717) is 0 Å². The maximum Gasteiger partial charge on any atom is 0.138 e. The molecule has 0 bridgehead atoms. The zero-order chi connectivity index (χ0) is 21.6. The number of hydrogen-bond acceptors (Lipinski definition) is 3. The van der Waals surface area contributed by atoms with Crippen LogP contribution in [0.1, 0.15) is 67.3 Å². The van der Waals surface area contributed by atoms with Crippen molar-refractivity contribution in [1.82, 2.24) is 9.55 Å². The summed E-state index contributed by atoms with van der Waals surface area (Å²) in [6.07, 6.45) is 2.12. The fourth-order valence-corrected chi connectivity index (χ4v) is 5.13. The first-order chi connectivity index (χ1) is 14.3. The molecule has 0 spiro atoms. The van der Waals surface area contributed by atoms with Crippen LogP contribution in [0.3, 0.4) is 0 Å². The highest BCUT2D eigenvalue weighted by Gasteiger charge is 2.45. The van der Waals surface area contributed by atoms with Gasteiger partial charge in [0, 0.05) is 12.1 Å². The molecular formula is C26H33N3O. The summed E-state index contributed by atoms with van der Waals surface area (Å²) in [4.78, 5) is 10.7. The third-order valence-corrected chi connectivity index (χ3v) is 7.16. The van der Waals surface area contributed by atoms with Crippen LogP contribution in [0.4, 0.5) is 0 Å². The van der Waals surface area contributed by atoms with Gasteiger partial charge >= 0.3 is 0 Å². The fourth-order valence-electron chi connectivity index (χ4n) is 5.13. The van der Waals surface area contributed by atoms with E-state index in [0.717, 1.165) is 36.4 Å². The molecule has 30 heavy (non-hydrogen) atoms. The van der Waals surface area contributed by atoms with Gasteiger partial charge in [0.2, 0.25) is 0 Å². The predicted molar refractivity (Wildman–Crippen MR) is 124 cm³/mol. The lowest BCUT2D eigenvalue weighted by Crippen LogP contribution is -2.36. The largest absolute Gasteiger partial charge is 0.391 e. The molecule has 158 valence electrons. The summed E-state index contributed by atoms with van der Waals surface area (Å²) in [5.74, 6) is 1.04. The van der Waals surface area contributed by atoms with E-state index in [2.05, 4.69) is 82.5 Å². The molecule has 1 aromatic heterocycles. The lowest BCUT2D eigenvalue weighted by Gasteiger charge is -2.30. The Hall–Kier alpha value is -2.62. The number of aryl methyl sites for hydroxylation is 3. The number of oxime groups is 1. The molecule has 0 radical (unpaired) electrons. The second-order valence-electron chi connectivity index (χ2n) is 8.94. The SMILES string of the molecule is CCC1ON=C(c2c(C)cc(C)c(Cn3c(C)nc4ccccc43)c2C)C1(C)CC. The quantitative estimate of drug-likeness (QED) is 0.505. The van der Waals surface area contributed by atoms with Crippen molar-refractivity contribution in [3.8, 4) is 0 Å². The molecule has 2 unspecified atom stereocenters. The van der Waals surface area contributed by atoms with E-state index < -0.39 is 0 Å². The van der Waals surface area contributed by atoms with Crippen LogP contribution in [-0.2, 0) is 11.4 Å². The lowest BCUT2D eigenvalue weighted by atomic mass is 9.72. The van der Waals surface area contributed by atoms with Crippen molar-refractivity contribution >= 4 is 16.7 Å². The average Bonchev–Trinajstić information content (AvgIpc) is 3.21. The van der Waals surface area contributed by atoms with Crippen molar-refractivity contribution in [3.63, 3.8) is 0 Å². The van der Waals surface area contributed by atoms with Crippen LogP contribution < -0.4 is 0 Å². The van der Waals surface area contributed by atoms with E-state index in [-0.39, 0.29) is 11.5 Å². The van der Waals surface area contributed by atoms with E-state index in [1.54, 1.807) is 0 Å². The van der Waals surface area contributed by atoms with Crippen LogP contribution in [0, 0.1) is 33.1 Å². The van der Waals surface area contributed by atoms with Gasteiger partial charge in [-0.05, 0) is 74.9 Å². The Bertz CT molecular complexity index is 1140. The summed E-state index contributed by atoms with van der Waals surface area (Å²) in [6.45, 7) is 16.3. The molecule has 0 saturated heterocycles. The third-order valence-electron chi connectivity index (χ3n) is 7.16. The van der Waals surface area contributed by atoms with Crippen molar-refractivity contribution in [2.75, 3.05) is 0 Å². The molecule has 2 heterocycles. The number of benzene rings is 2. The first kappa shape index (κ1) is 20.6. The van der Waals surface area contributed by atoms with Gasteiger partial charge < -0.3 is 9.40 Å². The molecule has 2 atom stereocenters. The molecule has 0 fully saturated rings. The van der Waals surface area contributed by atoms with Crippen molar-refractivity contribution < 1.29 is 4.84 Å². The normalized spacial score (nSPS) is 21.2. The predicted octanol–water partition coefficient (Wildman–Crippen LogP) is 6.25. The highest BCUT2D eigenvalue weighted by Crippen LogP contribution is 2.42. The lowest BCUT2D eigenvalue weighted by molar-refractivity contribution is 0.0265. The average molecular weight is 404 g/mol. The molecule has 0 amide bonds. The maximum absolute atomic E-state index is 5.91. The highest BCUT2D eigenvalue weighted by atomic mass is 16.6. The standard InChI is InChI=1S/C26H33N3O/c1-8-23-26(7,9-2)25(28-30-23)24-17(4)14-16(3)20(18(24)5)15-29-19(6)27-21-12-10-11-13-22(21)29/h10-14,23H,8-9,15H2,1-7H3. The van der Waals surface area contributed by atoms with Gasteiger partial charge in [-0.3, -0.25) is 0 Å². The number of imidazole rings is 1. The monoisotopic (exact) mass is 403 g/mol. The van der Waals surface area contributed by atoms with Gasteiger partial charge in [-0.1, -0.05) is 44.1 Å². The number of fused-ring (bicyclic) bond motifs is 1. The van der Waals surface area contributed by atoms with E-state index >= 15 is 0 Å². The van der Waals surface area contributed by atoms with E-state index in [1.807, 2.05) is 6.07 Å². The smallest absolute Gasteiger partial charge is 0.138 e. The first-order valence-electron chi connectivity index (χ1n) is 11.1. The van der Waals surface area contributed by atoms with E-state index in [9.17, 15) is 0 Å². The molecule has 4 nitrogen and oxygen atoms in total. The summed E-state index contributed by atoms with van der Waals surface area (Å²) in [5, 5.41) is 4.64. The molecule has 0 aliphatic carbocycles. The Morgan fingerprint density at radius 3 is 2.50 bits per heavy atom. The topological polar surface area (TPSA) is 39.4 Å². The molecular weight excluding hydrogens is 370 g/mol. The molecule has 3 aromatic rings. The van der Waals surface area contributed by atoms with Gasteiger partial charge in [0.15, 0.2) is 0 Å². The Morgan fingerprint density at radius 2 is 1.80 bits per heavy atom. The Kier molecular flexibility index (Phi) is 5.21. The minimum absolute atomic E-state index is 0.0611. The molecule has 0 N–H and O–H groups in total. The number of para-hydroxylation sites is 2. The molecule has 4 rings (SSSR count). The summed E-state index contributed by atoms with van der Waals surface area (Å²) in [5.41, 5.74) is 9.80. The van der Waals surface area contributed by atoms with Crippen LogP contribution in [0.25, 0.3) is 11.0 Å². The molecule has 4 heteroatoms. The number of hydrogen-bond donors (Lipinski definition) is 0. The van der Waals surface area contributed by atoms with Crippen molar-refractivity contribution in [1.29, 1.82) is 0 Å². The zero-order valence-corrected chi connectivity index (χ0v) is 19.3. The van der Waals surface area contributed by atoms with Crippen molar-refractivity contribution in [2.45, 2.75) is 74.0 Å². The van der Waals surface area contributed by atoms with E-state index in [4.69, 9.17) is 9.82 Å². The molecule has 1 aliphatic rings. The van der Waals surface area contributed by atoms with Gasteiger partial charge in [-0.2, -0.15) is 0 Å². The van der Waals surface area contributed by atoms with Gasteiger partial charge in [0.25, 0.3) is 0 Å². The van der Waals surface area contributed by atoms with Gasteiger partial charge in [0.05, 0.1) is 22.2 Å². The Balaban J connectivity index is 1.85. The number of aromatic nitrogens is 2. The van der Waals surface area contributed by atoms with Crippen molar-refractivity contribution in [3.05, 3.63) is 64.0 Å². The summed E-state index contributed by atoms with van der Waals surface area (Å²) >= 11 is 0. The second kappa shape index (κ2) is 7.57. The first-order valence-corrected chi connectivity index (χ1v) is 11.1. The Labute approximate surface area is 180 Å². The highest BCUT2D eigenvalue weighted by molar-refractivity contribution is 6.07. The van der Waals surface area contributed by atoms with E-state index in [1.165, 1.54) is 33.3 Å².